The van der Waals surface area contributed by atoms with Gasteiger partial charge >= 0.3 is 0 Å². The number of carbonyl (C=O) groups excluding carboxylic acids is 1. The number of nitrogens with one attached hydrogen (secondary N) is 1. The molecule has 0 radical (unpaired) electrons. The van der Waals surface area contributed by atoms with Gasteiger partial charge in [0.25, 0.3) is 5.91 Å². The first-order valence-corrected chi connectivity index (χ1v) is 8.87. The summed E-state index contributed by atoms with van der Waals surface area (Å²) in [4.78, 5) is 12.2. The van der Waals surface area contributed by atoms with Gasteiger partial charge in [0, 0.05) is 10.2 Å². The fraction of sp³-hybridized carbons (Fsp3) is 0.133. The highest BCUT2D eigenvalue weighted by atomic mass is 79.9. The SMILES string of the molecule is CCS(=O)(=O)c1ccc(NC(=O)c2ccc(Br)cc2F)cc1. The largest absolute Gasteiger partial charge is 0.322 e. The predicted octanol–water partition coefficient (Wildman–Crippen LogP) is 3.63. The molecule has 0 spiro atoms. The molecule has 0 unspecified atom stereocenters. The smallest absolute Gasteiger partial charge is 0.258 e. The van der Waals surface area contributed by atoms with Gasteiger partial charge in [0.15, 0.2) is 9.84 Å². The lowest BCUT2D eigenvalue weighted by Crippen LogP contribution is -2.14. The first-order chi connectivity index (χ1) is 10.3. The molecule has 2 aromatic carbocycles. The molecule has 0 atom stereocenters. The van der Waals surface area contributed by atoms with Crippen LogP contribution in [0.25, 0.3) is 0 Å². The molecule has 0 aliphatic heterocycles. The second kappa shape index (κ2) is 6.58. The average Bonchev–Trinajstić information content (AvgIpc) is 2.47. The van der Waals surface area contributed by atoms with Crippen molar-refractivity contribution in [3.63, 3.8) is 0 Å². The van der Waals surface area contributed by atoms with Crippen molar-refractivity contribution in [1.82, 2.24) is 0 Å². The molecule has 1 amide bonds. The van der Waals surface area contributed by atoms with E-state index in [4.69, 9.17) is 0 Å². The van der Waals surface area contributed by atoms with Crippen LogP contribution in [0.15, 0.2) is 51.8 Å². The Morgan fingerprint density at radius 1 is 1.18 bits per heavy atom. The van der Waals surface area contributed by atoms with Crippen molar-refractivity contribution in [3.05, 3.63) is 58.3 Å². The summed E-state index contributed by atoms with van der Waals surface area (Å²) >= 11 is 3.12. The summed E-state index contributed by atoms with van der Waals surface area (Å²) in [5.41, 5.74) is 0.302. The lowest BCUT2D eigenvalue weighted by Gasteiger charge is -2.07. The number of amides is 1. The third kappa shape index (κ3) is 3.72. The van der Waals surface area contributed by atoms with E-state index in [0.717, 1.165) is 0 Å². The maximum absolute atomic E-state index is 13.7. The van der Waals surface area contributed by atoms with E-state index in [1.807, 2.05) is 0 Å². The van der Waals surface area contributed by atoms with Crippen molar-refractivity contribution in [3.8, 4) is 0 Å². The van der Waals surface area contributed by atoms with Crippen molar-refractivity contribution in [2.45, 2.75) is 11.8 Å². The summed E-state index contributed by atoms with van der Waals surface area (Å²) in [5.74, 6) is -1.24. The van der Waals surface area contributed by atoms with Gasteiger partial charge in [-0.1, -0.05) is 22.9 Å². The highest BCUT2D eigenvalue weighted by molar-refractivity contribution is 9.10. The Labute approximate surface area is 136 Å². The molecule has 22 heavy (non-hydrogen) atoms. The summed E-state index contributed by atoms with van der Waals surface area (Å²) in [6.07, 6.45) is 0. The lowest BCUT2D eigenvalue weighted by molar-refractivity contribution is 0.102. The zero-order chi connectivity index (χ0) is 16.3. The zero-order valence-electron chi connectivity index (χ0n) is 11.6. The fourth-order valence-electron chi connectivity index (χ4n) is 1.78. The normalized spacial score (nSPS) is 11.2. The van der Waals surface area contributed by atoms with Crippen LogP contribution >= 0.6 is 15.9 Å². The van der Waals surface area contributed by atoms with E-state index >= 15 is 0 Å². The van der Waals surface area contributed by atoms with Crippen LogP contribution in [-0.2, 0) is 9.84 Å². The minimum atomic E-state index is -3.28. The number of carbonyl (C=O) groups is 1. The van der Waals surface area contributed by atoms with Crippen LogP contribution in [0.3, 0.4) is 0 Å². The zero-order valence-corrected chi connectivity index (χ0v) is 14.0. The van der Waals surface area contributed by atoms with Crippen LogP contribution in [0.2, 0.25) is 0 Å². The second-order valence-corrected chi connectivity index (χ2v) is 7.70. The van der Waals surface area contributed by atoms with Crippen molar-refractivity contribution < 1.29 is 17.6 Å². The van der Waals surface area contributed by atoms with Gasteiger partial charge in [-0.2, -0.15) is 0 Å². The van der Waals surface area contributed by atoms with Gasteiger partial charge in [0.05, 0.1) is 16.2 Å². The first-order valence-electron chi connectivity index (χ1n) is 6.42. The van der Waals surface area contributed by atoms with Gasteiger partial charge in [-0.15, -0.1) is 0 Å². The first kappa shape index (κ1) is 16.6. The molecule has 116 valence electrons. The number of sulfone groups is 1. The minimum Gasteiger partial charge on any atom is -0.322 e. The molecular formula is C15H13BrFNO3S. The van der Waals surface area contributed by atoms with E-state index in [0.29, 0.717) is 10.2 Å². The molecule has 0 fully saturated rings. The van der Waals surface area contributed by atoms with Crippen LogP contribution < -0.4 is 5.32 Å². The van der Waals surface area contributed by atoms with Gasteiger partial charge in [0.2, 0.25) is 0 Å². The van der Waals surface area contributed by atoms with Crippen LogP contribution in [-0.4, -0.2) is 20.1 Å². The predicted molar refractivity (Wildman–Crippen MR) is 86.2 cm³/mol. The number of anilines is 1. The number of hydrogen-bond donors (Lipinski definition) is 1. The van der Waals surface area contributed by atoms with Crippen molar-refractivity contribution in [1.29, 1.82) is 0 Å². The Bertz CT molecular complexity index is 804. The maximum atomic E-state index is 13.7. The van der Waals surface area contributed by atoms with Crippen LogP contribution in [0.4, 0.5) is 10.1 Å². The Morgan fingerprint density at radius 2 is 1.82 bits per heavy atom. The van der Waals surface area contributed by atoms with Crippen molar-refractivity contribution >= 4 is 37.4 Å². The molecule has 0 aliphatic rings. The van der Waals surface area contributed by atoms with Crippen molar-refractivity contribution in [2.24, 2.45) is 0 Å². The molecular weight excluding hydrogens is 373 g/mol. The Morgan fingerprint density at radius 3 is 2.36 bits per heavy atom. The summed E-state index contributed by atoms with van der Waals surface area (Å²) in [6, 6.07) is 9.89. The van der Waals surface area contributed by atoms with Gasteiger partial charge in [-0.05, 0) is 42.5 Å². The number of rotatable bonds is 4. The van der Waals surface area contributed by atoms with E-state index in [9.17, 15) is 17.6 Å². The van der Waals surface area contributed by atoms with Gasteiger partial charge in [0.1, 0.15) is 5.82 Å². The van der Waals surface area contributed by atoms with Crippen LogP contribution in [0.5, 0.6) is 0 Å². The van der Waals surface area contributed by atoms with Crippen LogP contribution in [0, 0.1) is 5.82 Å². The highest BCUT2D eigenvalue weighted by Crippen LogP contribution is 2.19. The van der Waals surface area contributed by atoms with E-state index < -0.39 is 21.6 Å². The monoisotopic (exact) mass is 385 g/mol. The number of hydrogen-bond acceptors (Lipinski definition) is 3. The number of benzene rings is 2. The van der Waals surface area contributed by atoms with Gasteiger partial charge < -0.3 is 5.32 Å². The molecule has 0 saturated heterocycles. The summed E-state index contributed by atoms with van der Waals surface area (Å²) in [5, 5.41) is 2.53. The molecule has 0 heterocycles. The van der Waals surface area contributed by atoms with E-state index in [1.54, 1.807) is 13.0 Å². The maximum Gasteiger partial charge on any atom is 0.258 e. The summed E-state index contributed by atoms with van der Waals surface area (Å²) in [6.45, 7) is 1.56. The summed E-state index contributed by atoms with van der Waals surface area (Å²) < 4.78 is 37.6. The molecule has 0 bridgehead atoms. The highest BCUT2D eigenvalue weighted by Gasteiger charge is 2.14. The topological polar surface area (TPSA) is 63.2 Å². The molecule has 4 nitrogen and oxygen atoms in total. The van der Waals surface area contributed by atoms with E-state index in [1.165, 1.54) is 36.4 Å². The summed E-state index contributed by atoms with van der Waals surface area (Å²) in [7, 11) is -3.28. The molecule has 1 N–H and O–H groups in total. The average molecular weight is 386 g/mol. The molecule has 0 aromatic heterocycles. The standard InChI is InChI=1S/C15H13BrFNO3S/c1-2-22(20,21)12-6-4-11(5-7-12)18-15(19)13-8-3-10(16)9-14(13)17/h3-9H,2H2,1H3,(H,18,19). The Kier molecular flexibility index (Phi) is 4.97. The minimum absolute atomic E-state index is 0.00279. The van der Waals surface area contributed by atoms with Gasteiger partial charge in [-0.3, -0.25) is 4.79 Å². The second-order valence-electron chi connectivity index (χ2n) is 4.51. The molecule has 7 heteroatoms. The third-order valence-corrected chi connectivity index (χ3v) is 5.27. The fourth-order valence-corrected chi connectivity index (χ4v) is 3.00. The quantitative estimate of drug-likeness (QED) is 0.873. The Balaban J connectivity index is 2.19. The number of halogens is 2. The third-order valence-electron chi connectivity index (χ3n) is 3.03. The van der Waals surface area contributed by atoms with Crippen molar-refractivity contribution in [2.75, 3.05) is 11.1 Å². The van der Waals surface area contributed by atoms with Gasteiger partial charge in [-0.25, -0.2) is 12.8 Å². The van der Waals surface area contributed by atoms with Crippen LogP contribution in [0.1, 0.15) is 17.3 Å². The molecule has 2 rings (SSSR count). The molecule has 0 saturated carbocycles. The molecule has 2 aromatic rings. The molecule has 0 aliphatic carbocycles. The van der Waals surface area contributed by atoms with E-state index in [2.05, 4.69) is 21.2 Å². The Hall–Kier alpha value is -1.73. The lowest BCUT2D eigenvalue weighted by atomic mass is 10.2. The van der Waals surface area contributed by atoms with E-state index in [-0.39, 0.29) is 16.2 Å².